The summed E-state index contributed by atoms with van der Waals surface area (Å²) >= 11 is 0. The highest BCUT2D eigenvalue weighted by Gasteiger charge is 2.18. The Kier molecular flexibility index (Phi) is 5.79. The third-order valence-electron chi connectivity index (χ3n) is 5.14. The molecular formula is C23H23FN4O. The number of pyridine rings is 1. The summed E-state index contributed by atoms with van der Waals surface area (Å²) in [5, 5.41) is 7.74. The van der Waals surface area contributed by atoms with Gasteiger partial charge in [0.25, 0.3) is 0 Å². The first-order chi connectivity index (χ1) is 14.2. The minimum Gasteiger partial charge on any atom is -0.354 e. The maximum absolute atomic E-state index is 13.3. The molecule has 2 aromatic heterocycles. The molecule has 6 heteroatoms. The standard InChI is InChI=1S/C23H23FN4O/c24-20-10-8-17(9-11-20)21-15-22(19-7-4-12-25-16-19)28(27-21)14-13-26-23(29)18-5-2-1-3-6-18/h1-2,4,7-12,15-16,18H,3,5-6,13-14H2,(H,26,29)/t18-/m0/s1. The molecule has 1 N–H and O–H groups in total. The summed E-state index contributed by atoms with van der Waals surface area (Å²) in [7, 11) is 0. The van der Waals surface area contributed by atoms with Gasteiger partial charge >= 0.3 is 0 Å². The zero-order chi connectivity index (χ0) is 20.1. The second-order valence-corrected chi connectivity index (χ2v) is 7.16. The van der Waals surface area contributed by atoms with Crippen LogP contribution < -0.4 is 5.32 Å². The van der Waals surface area contributed by atoms with Crippen LogP contribution in [-0.2, 0) is 11.3 Å². The molecule has 0 unspecified atom stereocenters. The summed E-state index contributed by atoms with van der Waals surface area (Å²) in [5.74, 6) is -0.116. The minimum atomic E-state index is -0.277. The Morgan fingerprint density at radius 1 is 1.17 bits per heavy atom. The van der Waals surface area contributed by atoms with E-state index >= 15 is 0 Å². The van der Waals surface area contributed by atoms with Crippen LogP contribution in [0.4, 0.5) is 4.39 Å². The zero-order valence-electron chi connectivity index (χ0n) is 16.1. The molecular weight excluding hydrogens is 367 g/mol. The van der Waals surface area contributed by atoms with Crippen LogP contribution in [0.1, 0.15) is 19.3 Å². The maximum Gasteiger partial charge on any atom is 0.223 e. The molecule has 2 heterocycles. The van der Waals surface area contributed by atoms with E-state index in [2.05, 4.69) is 22.5 Å². The number of allylic oxidation sites excluding steroid dienone is 2. The van der Waals surface area contributed by atoms with E-state index in [4.69, 9.17) is 5.10 Å². The fourth-order valence-corrected chi connectivity index (χ4v) is 3.56. The number of aromatic nitrogens is 3. The number of amides is 1. The van der Waals surface area contributed by atoms with E-state index in [9.17, 15) is 9.18 Å². The molecule has 4 rings (SSSR count). The van der Waals surface area contributed by atoms with E-state index in [-0.39, 0.29) is 17.6 Å². The largest absolute Gasteiger partial charge is 0.354 e. The highest BCUT2D eigenvalue weighted by atomic mass is 19.1. The van der Waals surface area contributed by atoms with E-state index in [1.54, 1.807) is 24.5 Å². The number of hydrogen-bond acceptors (Lipinski definition) is 3. The molecule has 1 aromatic carbocycles. The number of rotatable bonds is 6. The van der Waals surface area contributed by atoms with Crippen molar-refractivity contribution in [2.24, 2.45) is 5.92 Å². The number of halogens is 1. The number of hydrogen-bond donors (Lipinski definition) is 1. The highest BCUT2D eigenvalue weighted by Crippen LogP contribution is 2.26. The second kappa shape index (κ2) is 8.82. The van der Waals surface area contributed by atoms with Gasteiger partial charge in [0, 0.05) is 36.0 Å². The van der Waals surface area contributed by atoms with E-state index in [1.165, 1.54) is 12.1 Å². The molecule has 29 heavy (non-hydrogen) atoms. The lowest BCUT2D eigenvalue weighted by molar-refractivity contribution is -0.125. The number of nitrogens with one attached hydrogen (secondary N) is 1. The second-order valence-electron chi connectivity index (χ2n) is 7.16. The van der Waals surface area contributed by atoms with Crippen molar-refractivity contribution in [1.82, 2.24) is 20.1 Å². The Labute approximate surface area is 169 Å². The van der Waals surface area contributed by atoms with Gasteiger partial charge in [-0.15, -0.1) is 0 Å². The number of carbonyl (C=O) groups excluding carboxylic acids is 1. The van der Waals surface area contributed by atoms with Crippen LogP contribution in [0.5, 0.6) is 0 Å². The van der Waals surface area contributed by atoms with Crippen LogP contribution in [0.25, 0.3) is 22.5 Å². The van der Waals surface area contributed by atoms with Gasteiger partial charge in [0.05, 0.1) is 17.9 Å². The third kappa shape index (κ3) is 4.59. The minimum absolute atomic E-state index is 0.0604. The summed E-state index contributed by atoms with van der Waals surface area (Å²) < 4.78 is 15.1. The summed E-state index contributed by atoms with van der Waals surface area (Å²) in [4.78, 5) is 16.6. The Bertz CT molecular complexity index is 995. The van der Waals surface area contributed by atoms with Gasteiger partial charge in [-0.1, -0.05) is 12.2 Å². The van der Waals surface area contributed by atoms with Gasteiger partial charge in [-0.3, -0.25) is 14.5 Å². The number of carbonyl (C=O) groups is 1. The fourth-order valence-electron chi connectivity index (χ4n) is 3.56. The van der Waals surface area contributed by atoms with Gasteiger partial charge in [0.1, 0.15) is 5.82 Å². The summed E-state index contributed by atoms with van der Waals surface area (Å²) in [6.45, 7) is 1.04. The molecule has 5 nitrogen and oxygen atoms in total. The Hall–Kier alpha value is -3.28. The quantitative estimate of drug-likeness (QED) is 0.641. The first-order valence-corrected chi connectivity index (χ1v) is 9.87. The number of benzene rings is 1. The molecule has 148 valence electrons. The fraction of sp³-hybridized carbons (Fsp3) is 0.261. The van der Waals surface area contributed by atoms with Gasteiger partial charge in [-0.25, -0.2) is 4.39 Å². The molecule has 1 amide bonds. The molecule has 0 bridgehead atoms. The summed E-state index contributed by atoms with van der Waals surface area (Å²) in [6, 6.07) is 12.1. The summed E-state index contributed by atoms with van der Waals surface area (Å²) in [6.07, 6.45) is 10.4. The maximum atomic E-state index is 13.3. The smallest absolute Gasteiger partial charge is 0.223 e. The van der Waals surface area contributed by atoms with E-state index in [1.807, 2.05) is 22.9 Å². The van der Waals surface area contributed by atoms with Crippen molar-refractivity contribution in [3.63, 3.8) is 0 Å². The van der Waals surface area contributed by atoms with Crippen molar-refractivity contribution in [3.05, 3.63) is 72.8 Å². The molecule has 0 radical (unpaired) electrons. The Balaban J connectivity index is 1.52. The lowest BCUT2D eigenvalue weighted by Gasteiger charge is -2.17. The van der Waals surface area contributed by atoms with Crippen LogP contribution >= 0.6 is 0 Å². The van der Waals surface area contributed by atoms with Crippen LogP contribution in [0.3, 0.4) is 0 Å². The molecule has 1 atom stereocenters. The topological polar surface area (TPSA) is 59.8 Å². The highest BCUT2D eigenvalue weighted by molar-refractivity contribution is 5.79. The first kappa shape index (κ1) is 19.1. The van der Waals surface area contributed by atoms with Crippen LogP contribution in [-0.4, -0.2) is 27.2 Å². The molecule has 0 saturated heterocycles. The average molecular weight is 390 g/mol. The molecule has 0 fully saturated rings. The van der Waals surface area contributed by atoms with Gasteiger partial charge in [0.2, 0.25) is 5.91 Å². The van der Waals surface area contributed by atoms with Crippen molar-refractivity contribution in [2.45, 2.75) is 25.8 Å². The van der Waals surface area contributed by atoms with Gasteiger partial charge in [-0.05, 0) is 61.7 Å². The molecule has 1 aliphatic carbocycles. The van der Waals surface area contributed by atoms with Gasteiger partial charge in [0.15, 0.2) is 0 Å². The van der Waals surface area contributed by atoms with Gasteiger partial charge in [-0.2, -0.15) is 5.10 Å². The van der Waals surface area contributed by atoms with Crippen LogP contribution in [0.15, 0.2) is 67.0 Å². The SMILES string of the molecule is O=C(NCCn1nc(-c2ccc(F)cc2)cc1-c1cccnc1)[C@H]1CC=CCC1. The summed E-state index contributed by atoms with van der Waals surface area (Å²) in [5.41, 5.74) is 3.45. The van der Waals surface area contributed by atoms with Crippen molar-refractivity contribution in [3.8, 4) is 22.5 Å². The van der Waals surface area contributed by atoms with E-state index < -0.39 is 0 Å². The van der Waals surface area contributed by atoms with Crippen molar-refractivity contribution >= 4 is 5.91 Å². The zero-order valence-corrected chi connectivity index (χ0v) is 16.1. The number of nitrogens with zero attached hydrogens (tertiary/aromatic N) is 3. The normalized spacial score (nSPS) is 16.0. The Morgan fingerprint density at radius 2 is 2.03 bits per heavy atom. The Morgan fingerprint density at radius 3 is 2.76 bits per heavy atom. The van der Waals surface area contributed by atoms with Gasteiger partial charge < -0.3 is 5.32 Å². The van der Waals surface area contributed by atoms with Crippen molar-refractivity contribution in [1.29, 1.82) is 0 Å². The van der Waals surface area contributed by atoms with E-state index in [0.29, 0.717) is 13.1 Å². The third-order valence-corrected chi connectivity index (χ3v) is 5.14. The van der Waals surface area contributed by atoms with Crippen LogP contribution in [0, 0.1) is 11.7 Å². The molecule has 3 aromatic rings. The van der Waals surface area contributed by atoms with E-state index in [0.717, 1.165) is 41.8 Å². The average Bonchev–Trinajstić information content (AvgIpc) is 3.19. The molecule has 0 spiro atoms. The molecule has 1 aliphatic rings. The predicted molar refractivity (Wildman–Crippen MR) is 110 cm³/mol. The lowest BCUT2D eigenvalue weighted by atomic mass is 9.94. The lowest BCUT2D eigenvalue weighted by Crippen LogP contribution is -2.33. The monoisotopic (exact) mass is 390 g/mol. The molecule has 0 saturated carbocycles. The van der Waals surface area contributed by atoms with Crippen molar-refractivity contribution < 1.29 is 9.18 Å². The predicted octanol–water partition coefficient (Wildman–Crippen LogP) is 4.22. The first-order valence-electron chi connectivity index (χ1n) is 9.87. The van der Waals surface area contributed by atoms with Crippen molar-refractivity contribution in [2.75, 3.05) is 6.54 Å². The molecule has 0 aliphatic heterocycles. The van der Waals surface area contributed by atoms with Crippen LogP contribution in [0.2, 0.25) is 0 Å².